The minimum Gasteiger partial charge on any atom is -0.495 e. The molecule has 5 nitrogen and oxygen atoms in total. The van der Waals surface area contributed by atoms with Crippen molar-refractivity contribution in [1.29, 1.82) is 0 Å². The SMILES string of the molecule is COc1c(C(=O)Nc2ccc([C@H]3CC[C@H](C(=O)O)CC3)cc2)ccc2ccccc12. The highest BCUT2D eigenvalue weighted by Gasteiger charge is 2.26. The fraction of sp³-hybridized carbons (Fsp3) is 0.280. The Morgan fingerprint density at radius 3 is 2.30 bits per heavy atom. The summed E-state index contributed by atoms with van der Waals surface area (Å²) >= 11 is 0. The van der Waals surface area contributed by atoms with Crippen LogP contribution in [0.25, 0.3) is 10.8 Å². The van der Waals surface area contributed by atoms with Gasteiger partial charge in [-0.05, 0) is 60.7 Å². The Balaban J connectivity index is 1.47. The number of hydrogen-bond acceptors (Lipinski definition) is 3. The van der Waals surface area contributed by atoms with Gasteiger partial charge in [0.2, 0.25) is 0 Å². The summed E-state index contributed by atoms with van der Waals surface area (Å²) in [4.78, 5) is 24.0. The minimum absolute atomic E-state index is 0.211. The summed E-state index contributed by atoms with van der Waals surface area (Å²) in [6.45, 7) is 0. The number of ether oxygens (including phenoxy) is 1. The molecular weight excluding hydrogens is 378 g/mol. The molecule has 154 valence electrons. The molecule has 30 heavy (non-hydrogen) atoms. The molecule has 1 aliphatic rings. The van der Waals surface area contributed by atoms with Gasteiger partial charge in [0.15, 0.2) is 0 Å². The van der Waals surface area contributed by atoms with Gasteiger partial charge in [-0.25, -0.2) is 0 Å². The molecule has 1 fully saturated rings. The molecule has 1 saturated carbocycles. The van der Waals surface area contributed by atoms with Gasteiger partial charge in [-0.2, -0.15) is 0 Å². The number of hydrogen-bond donors (Lipinski definition) is 2. The molecule has 0 spiro atoms. The molecular formula is C25H25NO4. The number of nitrogens with one attached hydrogen (secondary N) is 1. The van der Waals surface area contributed by atoms with Crippen molar-refractivity contribution in [2.24, 2.45) is 5.92 Å². The first-order valence-electron chi connectivity index (χ1n) is 10.3. The maximum absolute atomic E-state index is 12.9. The van der Waals surface area contributed by atoms with Crippen LogP contribution in [0.2, 0.25) is 0 Å². The summed E-state index contributed by atoms with van der Waals surface area (Å²) in [7, 11) is 1.58. The van der Waals surface area contributed by atoms with E-state index < -0.39 is 5.97 Å². The van der Waals surface area contributed by atoms with Crippen molar-refractivity contribution in [3.05, 3.63) is 71.8 Å². The molecule has 0 unspecified atom stereocenters. The lowest BCUT2D eigenvalue weighted by molar-refractivity contribution is -0.142. The number of methoxy groups -OCH3 is 1. The van der Waals surface area contributed by atoms with Gasteiger partial charge in [0, 0.05) is 11.1 Å². The van der Waals surface area contributed by atoms with Crippen LogP contribution >= 0.6 is 0 Å². The van der Waals surface area contributed by atoms with E-state index >= 15 is 0 Å². The van der Waals surface area contributed by atoms with Gasteiger partial charge in [0.1, 0.15) is 5.75 Å². The molecule has 0 radical (unpaired) electrons. The highest BCUT2D eigenvalue weighted by Crippen LogP contribution is 2.36. The molecule has 5 heteroatoms. The van der Waals surface area contributed by atoms with E-state index in [0.29, 0.717) is 17.2 Å². The first-order chi connectivity index (χ1) is 14.6. The lowest BCUT2D eigenvalue weighted by Crippen LogP contribution is -2.20. The van der Waals surface area contributed by atoms with Crippen molar-refractivity contribution >= 4 is 28.3 Å². The molecule has 3 aromatic rings. The zero-order valence-corrected chi connectivity index (χ0v) is 16.9. The second-order valence-corrected chi connectivity index (χ2v) is 7.83. The summed E-state index contributed by atoms with van der Waals surface area (Å²) in [5, 5.41) is 14.0. The second-order valence-electron chi connectivity index (χ2n) is 7.83. The Bertz CT molecular complexity index is 1070. The lowest BCUT2D eigenvalue weighted by atomic mass is 9.79. The Labute approximate surface area is 175 Å². The van der Waals surface area contributed by atoms with E-state index in [1.807, 2.05) is 54.6 Å². The highest BCUT2D eigenvalue weighted by molar-refractivity contribution is 6.10. The van der Waals surface area contributed by atoms with Crippen LogP contribution < -0.4 is 10.1 Å². The molecule has 0 saturated heterocycles. The molecule has 0 bridgehead atoms. The molecule has 0 heterocycles. The van der Waals surface area contributed by atoms with Crippen LogP contribution in [0.4, 0.5) is 5.69 Å². The van der Waals surface area contributed by atoms with E-state index in [4.69, 9.17) is 9.84 Å². The molecule has 0 aromatic heterocycles. The quantitative estimate of drug-likeness (QED) is 0.593. The summed E-state index contributed by atoms with van der Waals surface area (Å²) in [6.07, 6.45) is 3.22. The molecule has 1 amide bonds. The number of aliphatic carboxylic acids is 1. The summed E-state index contributed by atoms with van der Waals surface area (Å²) in [5.41, 5.74) is 2.41. The Morgan fingerprint density at radius 2 is 1.63 bits per heavy atom. The van der Waals surface area contributed by atoms with Crippen molar-refractivity contribution < 1.29 is 19.4 Å². The molecule has 3 aromatic carbocycles. The van der Waals surface area contributed by atoms with Gasteiger partial charge in [0.25, 0.3) is 5.91 Å². The maximum Gasteiger partial charge on any atom is 0.306 e. The largest absolute Gasteiger partial charge is 0.495 e. The first-order valence-corrected chi connectivity index (χ1v) is 10.3. The molecule has 4 rings (SSSR count). The number of carbonyl (C=O) groups is 2. The van der Waals surface area contributed by atoms with E-state index in [0.717, 1.165) is 42.1 Å². The lowest BCUT2D eigenvalue weighted by Gasteiger charge is -2.26. The number of carboxylic acids is 1. The fourth-order valence-corrected chi connectivity index (χ4v) is 4.35. The summed E-state index contributed by atoms with van der Waals surface area (Å²) < 4.78 is 5.54. The van der Waals surface area contributed by atoms with Crippen LogP contribution in [0.5, 0.6) is 5.75 Å². The predicted molar refractivity (Wildman–Crippen MR) is 117 cm³/mol. The van der Waals surface area contributed by atoms with Crippen molar-refractivity contribution in [3.8, 4) is 5.75 Å². The summed E-state index contributed by atoms with van der Waals surface area (Å²) in [5.74, 6) is -0.164. The second kappa shape index (κ2) is 8.57. The van der Waals surface area contributed by atoms with Crippen molar-refractivity contribution in [2.75, 3.05) is 12.4 Å². The van der Waals surface area contributed by atoms with Gasteiger partial charge in [-0.3, -0.25) is 9.59 Å². The Kier molecular flexibility index (Phi) is 5.70. The third-order valence-electron chi connectivity index (χ3n) is 6.04. The van der Waals surface area contributed by atoms with Gasteiger partial charge in [-0.15, -0.1) is 0 Å². The Morgan fingerprint density at radius 1 is 0.933 bits per heavy atom. The van der Waals surface area contributed by atoms with Gasteiger partial charge in [0.05, 0.1) is 18.6 Å². The predicted octanol–water partition coefficient (Wildman–Crippen LogP) is 5.46. The molecule has 0 atom stereocenters. The van der Waals surface area contributed by atoms with E-state index in [9.17, 15) is 9.59 Å². The number of anilines is 1. The van der Waals surface area contributed by atoms with Crippen LogP contribution in [-0.4, -0.2) is 24.1 Å². The van der Waals surface area contributed by atoms with Crippen LogP contribution in [0.15, 0.2) is 60.7 Å². The number of amides is 1. The monoisotopic (exact) mass is 403 g/mol. The van der Waals surface area contributed by atoms with Crippen molar-refractivity contribution in [1.82, 2.24) is 0 Å². The third kappa shape index (κ3) is 4.01. The van der Waals surface area contributed by atoms with E-state index in [-0.39, 0.29) is 11.8 Å². The van der Waals surface area contributed by atoms with Gasteiger partial charge < -0.3 is 15.2 Å². The van der Waals surface area contributed by atoms with Crippen LogP contribution in [0.3, 0.4) is 0 Å². The highest BCUT2D eigenvalue weighted by atomic mass is 16.5. The third-order valence-corrected chi connectivity index (χ3v) is 6.04. The van der Waals surface area contributed by atoms with E-state index in [1.54, 1.807) is 13.2 Å². The van der Waals surface area contributed by atoms with Gasteiger partial charge >= 0.3 is 5.97 Å². The zero-order chi connectivity index (χ0) is 21.1. The average molecular weight is 403 g/mol. The fourth-order valence-electron chi connectivity index (χ4n) is 4.35. The van der Waals surface area contributed by atoms with Crippen LogP contribution in [-0.2, 0) is 4.79 Å². The normalized spacial score (nSPS) is 18.7. The summed E-state index contributed by atoms with van der Waals surface area (Å²) in [6, 6.07) is 19.4. The maximum atomic E-state index is 12.9. The number of rotatable bonds is 5. The smallest absolute Gasteiger partial charge is 0.306 e. The standard InChI is InChI=1S/C25H25NO4/c1-30-23-21-5-3-2-4-18(21)12-15-22(23)24(27)26-20-13-10-17(11-14-20)16-6-8-19(9-7-16)25(28)29/h2-5,10-16,19H,6-9H2,1H3,(H,26,27)(H,28,29)/t16-,19-. The first kappa shape index (κ1) is 20.0. The van der Waals surface area contributed by atoms with Crippen LogP contribution in [0.1, 0.15) is 47.5 Å². The van der Waals surface area contributed by atoms with E-state index in [1.165, 1.54) is 5.56 Å². The number of carbonyl (C=O) groups excluding carboxylic acids is 1. The van der Waals surface area contributed by atoms with E-state index in [2.05, 4.69) is 5.32 Å². The van der Waals surface area contributed by atoms with Crippen LogP contribution in [0, 0.1) is 5.92 Å². The molecule has 1 aliphatic carbocycles. The topological polar surface area (TPSA) is 75.6 Å². The number of benzene rings is 3. The average Bonchev–Trinajstić information content (AvgIpc) is 2.78. The van der Waals surface area contributed by atoms with Gasteiger partial charge in [-0.1, -0.05) is 42.5 Å². The number of carboxylic acid groups (broad SMARTS) is 1. The molecule has 2 N–H and O–H groups in total. The van der Waals surface area contributed by atoms with Crippen molar-refractivity contribution in [2.45, 2.75) is 31.6 Å². The minimum atomic E-state index is -0.685. The molecule has 0 aliphatic heterocycles. The zero-order valence-electron chi connectivity index (χ0n) is 16.9. The van der Waals surface area contributed by atoms with Crippen molar-refractivity contribution in [3.63, 3.8) is 0 Å². The Hall–Kier alpha value is -3.34. The number of fused-ring (bicyclic) bond motifs is 1.